The molecule has 0 spiro atoms. The number of primary amides is 1. The number of piperidine rings is 1. The van der Waals surface area contributed by atoms with Gasteiger partial charge in [0.1, 0.15) is 0 Å². The molecule has 0 radical (unpaired) electrons. The molecular formula is C8H16N2O. The molecule has 1 amide bonds. The number of nitrogens with two attached hydrogens (primary N) is 1. The van der Waals surface area contributed by atoms with Gasteiger partial charge >= 0.3 is 0 Å². The highest BCUT2D eigenvalue weighted by Gasteiger charge is 2.28. The average molecular weight is 156 g/mol. The van der Waals surface area contributed by atoms with Gasteiger partial charge in [-0.2, -0.15) is 0 Å². The fourth-order valence-corrected chi connectivity index (χ4v) is 1.72. The lowest BCUT2D eigenvalue weighted by Crippen LogP contribution is -2.48. The van der Waals surface area contributed by atoms with Crippen LogP contribution in [0, 0.1) is 5.92 Å². The van der Waals surface area contributed by atoms with Gasteiger partial charge in [-0.3, -0.25) is 4.79 Å². The van der Waals surface area contributed by atoms with E-state index in [0.717, 1.165) is 12.8 Å². The molecule has 1 saturated heterocycles. The summed E-state index contributed by atoms with van der Waals surface area (Å²) < 4.78 is 0. The zero-order valence-corrected chi connectivity index (χ0v) is 7.13. The van der Waals surface area contributed by atoms with E-state index in [2.05, 4.69) is 12.2 Å². The van der Waals surface area contributed by atoms with Gasteiger partial charge in [0.2, 0.25) is 5.91 Å². The summed E-state index contributed by atoms with van der Waals surface area (Å²) in [6, 6.07) is 0.775. The van der Waals surface area contributed by atoms with Crippen molar-refractivity contribution in [3.05, 3.63) is 0 Å². The molecule has 1 aliphatic rings. The third-order valence-corrected chi connectivity index (χ3v) is 2.43. The summed E-state index contributed by atoms with van der Waals surface area (Å²) in [7, 11) is 0. The Hall–Kier alpha value is -0.570. The van der Waals surface area contributed by atoms with E-state index in [1.807, 2.05) is 6.92 Å². The number of rotatable bonds is 1. The minimum Gasteiger partial charge on any atom is -0.369 e. The molecule has 64 valence electrons. The number of hydrogen-bond acceptors (Lipinski definition) is 2. The van der Waals surface area contributed by atoms with E-state index in [9.17, 15) is 4.79 Å². The van der Waals surface area contributed by atoms with Gasteiger partial charge in [-0.05, 0) is 26.7 Å². The van der Waals surface area contributed by atoms with Crippen LogP contribution in [0.3, 0.4) is 0 Å². The fraction of sp³-hybridized carbons (Fsp3) is 0.875. The Balaban J connectivity index is 2.50. The van der Waals surface area contributed by atoms with Crippen molar-refractivity contribution in [2.45, 2.75) is 38.8 Å². The quantitative estimate of drug-likeness (QED) is 0.571. The van der Waals surface area contributed by atoms with Gasteiger partial charge < -0.3 is 11.1 Å². The number of nitrogens with one attached hydrogen (secondary N) is 1. The minimum absolute atomic E-state index is 0.0335. The molecule has 3 N–H and O–H groups in total. The van der Waals surface area contributed by atoms with E-state index in [0.29, 0.717) is 6.04 Å². The topological polar surface area (TPSA) is 55.1 Å². The molecule has 0 bridgehead atoms. The third kappa shape index (κ3) is 1.93. The lowest BCUT2D eigenvalue weighted by molar-refractivity contribution is -0.123. The first-order valence-corrected chi connectivity index (χ1v) is 4.16. The fourth-order valence-electron chi connectivity index (χ4n) is 1.72. The van der Waals surface area contributed by atoms with E-state index >= 15 is 0 Å². The number of amides is 1. The highest BCUT2D eigenvalue weighted by atomic mass is 16.1. The lowest BCUT2D eigenvalue weighted by atomic mass is 9.88. The van der Waals surface area contributed by atoms with Crippen molar-refractivity contribution in [1.29, 1.82) is 0 Å². The number of carbonyl (C=O) groups excluding carboxylic acids is 1. The summed E-state index contributed by atoms with van der Waals surface area (Å²) >= 11 is 0. The van der Waals surface area contributed by atoms with Gasteiger partial charge in [-0.1, -0.05) is 0 Å². The summed E-state index contributed by atoms with van der Waals surface area (Å²) in [6.45, 7) is 4.15. The summed E-state index contributed by atoms with van der Waals surface area (Å²) in [6.07, 6.45) is 1.99. The highest BCUT2D eigenvalue weighted by Crippen LogP contribution is 2.18. The monoisotopic (exact) mass is 156 g/mol. The second-order valence-corrected chi connectivity index (χ2v) is 3.44. The van der Waals surface area contributed by atoms with Crippen molar-refractivity contribution in [3.8, 4) is 0 Å². The summed E-state index contributed by atoms with van der Waals surface area (Å²) in [5, 5.41) is 3.31. The maximum atomic E-state index is 10.9. The zero-order chi connectivity index (χ0) is 8.43. The molecule has 1 fully saturated rings. The molecule has 0 aromatic heterocycles. The first-order valence-electron chi connectivity index (χ1n) is 4.16. The molecule has 0 aromatic rings. The first kappa shape index (κ1) is 8.53. The molecule has 0 aromatic carbocycles. The zero-order valence-electron chi connectivity index (χ0n) is 7.13. The average Bonchev–Trinajstić information content (AvgIpc) is 1.85. The molecule has 3 atom stereocenters. The Labute approximate surface area is 67.3 Å². The predicted molar refractivity (Wildman–Crippen MR) is 44.0 cm³/mol. The first-order chi connectivity index (χ1) is 5.11. The molecular weight excluding hydrogens is 140 g/mol. The summed E-state index contributed by atoms with van der Waals surface area (Å²) in [4.78, 5) is 10.9. The summed E-state index contributed by atoms with van der Waals surface area (Å²) in [5.41, 5.74) is 5.22. The van der Waals surface area contributed by atoms with E-state index in [1.54, 1.807) is 0 Å². The Kier molecular flexibility index (Phi) is 2.49. The number of hydrogen-bond donors (Lipinski definition) is 2. The normalized spacial score (nSPS) is 38.5. The van der Waals surface area contributed by atoms with Gasteiger partial charge in [-0.15, -0.1) is 0 Å². The van der Waals surface area contributed by atoms with Crippen molar-refractivity contribution < 1.29 is 4.79 Å². The number of carbonyl (C=O) groups is 1. The van der Waals surface area contributed by atoms with Crippen molar-refractivity contribution in [1.82, 2.24) is 5.32 Å². The van der Waals surface area contributed by atoms with Crippen LogP contribution in [-0.2, 0) is 4.79 Å². The van der Waals surface area contributed by atoms with Crippen LogP contribution in [0.4, 0.5) is 0 Å². The Morgan fingerprint density at radius 3 is 2.55 bits per heavy atom. The van der Waals surface area contributed by atoms with Gasteiger partial charge in [0.25, 0.3) is 0 Å². The molecule has 1 rings (SSSR count). The van der Waals surface area contributed by atoms with Gasteiger partial charge in [0.05, 0.1) is 5.92 Å². The van der Waals surface area contributed by atoms with Gasteiger partial charge in [-0.25, -0.2) is 0 Å². The maximum Gasteiger partial charge on any atom is 0.222 e. The van der Waals surface area contributed by atoms with E-state index in [4.69, 9.17) is 5.73 Å². The second kappa shape index (κ2) is 3.22. The van der Waals surface area contributed by atoms with Crippen LogP contribution < -0.4 is 11.1 Å². The largest absolute Gasteiger partial charge is 0.369 e. The van der Waals surface area contributed by atoms with Crippen LogP contribution in [0.5, 0.6) is 0 Å². The van der Waals surface area contributed by atoms with Gasteiger partial charge in [0, 0.05) is 12.1 Å². The van der Waals surface area contributed by atoms with Crippen molar-refractivity contribution in [2.75, 3.05) is 0 Å². The molecule has 11 heavy (non-hydrogen) atoms. The molecule has 0 unspecified atom stereocenters. The van der Waals surface area contributed by atoms with Crippen LogP contribution >= 0.6 is 0 Å². The van der Waals surface area contributed by atoms with E-state index in [-0.39, 0.29) is 17.9 Å². The Bertz CT molecular complexity index is 158. The molecule has 0 aliphatic carbocycles. The minimum atomic E-state index is -0.170. The molecule has 3 heteroatoms. The SMILES string of the molecule is C[C@@H]1CC[C@@H](C(N)=O)[C@H](C)N1. The van der Waals surface area contributed by atoms with Crippen molar-refractivity contribution in [2.24, 2.45) is 11.7 Å². The highest BCUT2D eigenvalue weighted by molar-refractivity contribution is 5.77. The van der Waals surface area contributed by atoms with E-state index in [1.165, 1.54) is 0 Å². The van der Waals surface area contributed by atoms with Crippen LogP contribution in [-0.4, -0.2) is 18.0 Å². The summed E-state index contributed by atoms with van der Waals surface area (Å²) in [5.74, 6) is -0.136. The molecule has 1 aliphatic heterocycles. The van der Waals surface area contributed by atoms with Crippen LogP contribution in [0.1, 0.15) is 26.7 Å². The smallest absolute Gasteiger partial charge is 0.222 e. The molecule has 3 nitrogen and oxygen atoms in total. The van der Waals surface area contributed by atoms with Crippen LogP contribution in [0.25, 0.3) is 0 Å². The second-order valence-electron chi connectivity index (χ2n) is 3.44. The van der Waals surface area contributed by atoms with Gasteiger partial charge in [0.15, 0.2) is 0 Å². The Morgan fingerprint density at radius 2 is 2.09 bits per heavy atom. The van der Waals surface area contributed by atoms with Crippen LogP contribution in [0.15, 0.2) is 0 Å². The third-order valence-electron chi connectivity index (χ3n) is 2.43. The van der Waals surface area contributed by atoms with Crippen molar-refractivity contribution in [3.63, 3.8) is 0 Å². The van der Waals surface area contributed by atoms with E-state index < -0.39 is 0 Å². The predicted octanol–water partition coefficient (Wildman–Crippen LogP) is 0.248. The van der Waals surface area contributed by atoms with Crippen molar-refractivity contribution >= 4 is 5.91 Å². The standard InChI is InChI=1S/C8H16N2O/c1-5-3-4-7(8(9)11)6(2)10-5/h5-7,10H,3-4H2,1-2H3,(H2,9,11)/t5-,6+,7-/m1/s1. The van der Waals surface area contributed by atoms with Crippen LogP contribution in [0.2, 0.25) is 0 Å². The Morgan fingerprint density at radius 1 is 1.45 bits per heavy atom. The molecule has 0 saturated carbocycles. The maximum absolute atomic E-state index is 10.9. The molecule has 1 heterocycles. The lowest BCUT2D eigenvalue weighted by Gasteiger charge is -2.31.